The summed E-state index contributed by atoms with van der Waals surface area (Å²) in [5.74, 6) is 6.20. The Morgan fingerprint density at radius 3 is 2.68 bits per heavy atom. The van der Waals surface area contributed by atoms with Gasteiger partial charge in [-0.15, -0.1) is 5.92 Å². The van der Waals surface area contributed by atoms with E-state index in [-0.39, 0.29) is 5.75 Å². The molecule has 0 radical (unpaired) electrons. The van der Waals surface area contributed by atoms with Gasteiger partial charge in [-0.25, -0.2) is 0 Å². The standard InChI is InChI=1S/C15H17ClO5S/c1-5-6-13(16)20-14-15(2,3)11-9-10(21-22(4,17)18)7-8-12(11)19-14/h7-9,13-14H,1-4H3. The van der Waals surface area contributed by atoms with E-state index in [0.29, 0.717) is 5.75 Å². The van der Waals surface area contributed by atoms with Crippen molar-refractivity contribution in [3.8, 4) is 23.3 Å². The molecule has 5 nitrogen and oxygen atoms in total. The summed E-state index contributed by atoms with van der Waals surface area (Å²) in [6.07, 6.45) is 0.370. The molecule has 7 heteroatoms. The predicted octanol–water partition coefficient (Wildman–Crippen LogP) is 2.63. The smallest absolute Gasteiger partial charge is 0.306 e. The first-order valence-electron chi connectivity index (χ1n) is 6.56. The quantitative estimate of drug-likeness (QED) is 0.477. The van der Waals surface area contributed by atoms with Gasteiger partial charge in [-0.3, -0.25) is 0 Å². The van der Waals surface area contributed by atoms with Gasteiger partial charge in [-0.2, -0.15) is 8.42 Å². The Morgan fingerprint density at radius 1 is 1.41 bits per heavy atom. The van der Waals surface area contributed by atoms with Crippen LogP contribution in [0.5, 0.6) is 11.5 Å². The molecule has 0 saturated heterocycles. The van der Waals surface area contributed by atoms with Gasteiger partial charge in [-0.05, 0) is 39.0 Å². The van der Waals surface area contributed by atoms with Crippen molar-refractivity contribution < 1.29 is 22.1 Å². The summed E-state index contributed by atoms with van der Waals surface area (Å²) in [5.41, 5.74) is -0.531. The maximum absolute atomic E-state index is 11.2. The second kappa shape index (κ2) is 5.99. The largest absolute Gasteiger partial charge is 0.464 e. The molecule has 0 aliphatic carbocycles. The molecule has 1 aromatic rings. The molecule has 0 fully saturated rings. The normalized spacial score (nSPS) is 20.3. The van der Waals surface area contributed by atoms with Gasteiger partial charge < -0.3 is 13.7 Å². The van der Waals surface area contributed by atoms with Crippen molar-refractivity contribution in [3.63, 3.8) is 0 Å². The summed E-state index contributed by atoms with van der Waals surface area (Å²) in [7, 11) is -3.58. The maximum atomic E-state index is 11.2. The summed E-state index contributed by atoms with van der Waals surface area (Å²) in [6.45, 7) is 5.50. The van der Waals surface area contributed by atoms with Gasteiger partial charge in [0.15, 0.2) is 5.56 Å². The molecule has 1 aliphatic rings. The highest BCUT2D eigenvalue weighted by atomic mass is 35.5. The van der Waals surface area contributed by atoms with Crippen LogP contribution >= 0.6 is 11.6 Å². The first-order chi connectivity index (χ1) is 10.1. The number of fused-ring (bicyclic) bond motifs is 1. The molecule has 0 spiro atoms. The van der Waals surface area contributed by atoms with E-state index < -0.39 is 27.4 Å². The fraction of sp³-hybridized carbons (Fsp3) is 0.467. The van der Waals surface area contributed by atoms with Crippen LogP contribution in [-0.4, -0.2) is 26.5 Å². The first-order valence-corrected chi connectivity index (χ1v) is 8.81. The van der Waals surface area contributed by atoms with E-state index in [9.17, 15) is 8.42 Å². The molecular formula is C15H17ClO5S. The molecule has 0 saturated carbocycles. The molecule has 1 aliphatic heterocycles. The van der Waals surface area contributed by atoms with Crippen molar-refractivity contribution in [1.82, 2.24) is 0 Å². The zero-order valence-corrected chi connectivity index (χ0v) is 14.3. The van der Waals surface area contributed by atoms with Gasteiger partial charge in [0, 0.05) is 5.56 Å². The zero-order chi connectivity index (χ0) is 16.5. The van der Waals surface area contributed by atoms with Crippen LogP contribution in [0, 0.1) is 11.8 Å². The van der Waals surface area contributed by atoms with E-state index in [1.807, 2.05) is 13.8 Å². The summed E-state index contributed by atoms with van der Waals surface area (Å²) < 4.78 is 38.7. The van der Waals surface area contributed by atoms with Crippen LogP contribution in [0.2, 0.25) is 0 Å². The molecule has 120 valence electrons. The van der Waals surface area contributed by atoms with Crippen LogP contribution in [-0.2, 0) is 20.3 Å². The molecule has 22 heavy (non-hydrogen) atoms. The summed E-state index contributed by atoms with van der Waals surface area (Å²) >= 11 is 5.97. The Bertz CT molecular complexity index is 730. The van der Waals surface area contributed by atoms with E-state index in [1.165, 1.54) is 6.07 Å². The van der Waals surface area contributed by atoms with Crippen molar-refractivity contribution in [1.29, 1.82) is 0 Å². The van der Waals surface area contributed by atoms with Crippen LogP contribution in [0.4, 0.5) is 0 Å². The van der Waals surface area contributed by atoms with Crippen LogP contribution in [0.3, 0.4) is 0 Å². The summed E-state index contributed by atoms with van der Waals surface area (Å²) in [5, 5.41) is 0. The van der Waals surface area contributed by atoms with Crippen molar-refractivity contribution in [2.45, 2.75) is 38.0 Å². The molecule has 1 aromatic carbocycles. The second-order valence-corrected chi connectivity index (χ2v) is 7.43. The Labute approximate surface area is 135 Å². The number of rotatable bonds is 4. The average Bonchev–Trinajstić information content (AvgIpc) is 2.60. The molecule has 0 bridgehead atoms. The molecule has 2 unspecified atom stereocenters. The SMILES string of the molecule is CC#CC(Cl)OC1Oc2ccc(OS(C)(=O)=O)cc2C1(C)C. The van der Waals surface area contributed by atoms with Crippen LogP contribution in [0.1, 0.15) is 26.3 Å². The van der Waals surface area contributed by atoms with Gasteiger partial charge in [0.1, 0.15) is 11.5 Å². The van der Waals surface area contributed by atoms with Gasteiger partial charge in [0.25, 0.3) is 0 Å². The third-order valence-corrected chi connectivity index (χ3v) is 3.92. The summed E-state index contributed by atoms with van der Waals surface area (Å²) in [4.78, 5) is 0. The van der Waals surface area contributed by atoms with E-state index in [1.54, 1.807) is 19.1 Å². The molecular weight excluding hydrogens is 328 g/mol. The average molecular weight is 345 g/mol. The zero-order valence-electron chi connectivity index (χ0n) is 12.7. The minimum Gasteiger partial charge on any atom is -0.464 e. The van der Waals surface area contributed by atoms with Crippen molar-refractivity contribution in [2.75, 3.05) is 6.26 Å². The Kier molecular flexibility index (Phi) is 4.62. The minimum absolute atomic E-state index is 0.231. The van der Waals surface area contributed by atoms with Crippen LogP contribution in [0.25, 0.3) is 0 Å². The Morgan fingerprint density at radius 2 is 2.09 bits per heavy atom. The van der Waals surface area contributed by atoms with Crippen LogP contribution in [0.15, 0.2) is 18.2 Å². The molecule has 0 amide bonds. The number of halogens is 1. The fourth-order valence-electron chi connectivity index (χ4n) is 2.19. The lowest BCUT2D eigenvalue weighted by atomic mass is 9.85. The molecule has 0 N–H and O–H groups in total. The third-order valence-electron chi connectivity index (χ3n) is 3.22. The van der Waals surface area contributed by atoms with Crippen molar-refractivity contribution in [3.05, 3.63) is 23.8 Å². The molecule has 2 atom stereocenters. The highest BCUT2D eigenvalue weighted by Gasteiger charge is 2.43. The Hall–Kier alpha value is -1.42. The lowest BCUT2D eigenvalue weighted by Crippen LogP contribution is -2.36. The molecule has 1 heterocycles. The van der Waals surface area contributed by atoms with Crippen LogP contribution < -0.4 is 8.92 Å². The highest BCUT2D eigenvalue weighted by Crippen LogP contribution is 2.45. The number of ether oxygens (including phenoxy) is 2. The van der Waals surface area contributed by atoms with Gasteiger partial charge >= 0.3 is 10.1 Å². The Balaban J connectivity index is 2.28. The van der Waals surface area contributed by atoms with Gasteiger partial charge in [-0.1, -0.05) is 17.5 Å². The molecule has 0 aromatic heterocycles. The summed E-state index contributed by atoms with van der Waals surface area (Å²) in [6, 6.07) is 4.81. The fourth-order valence-corrected chi connectivity index (χ4v) is 2.84. The topological polar surface area (TPSA) is 61.8 Å². The third kappa shape index (κ3) is 3.67. The monoisotopic (exact) mass is 344 g/mol. The van der Waals surface area contributed by atoms with Crippen molar-refractivity contribution in [2.24, 2.45) is 0 Å². The lowest BCUT2D eigenvalue weighted by molar-refractivity contribution is -0.102. The van der Waals surface area contributed by atoms with E-state index in [4.69, 9.17) is 25.3 Å². The van der Waals surface area contributed by atoms with E-state index in [0.717, 1.165) is 11.8 Å². The number of hydrogen-bond donors (Lipinski definition) is 0. The van der Waals surface area contributed by atoms with Gasteiger partial charge in [0.2, 0.25) is 6.29 Å². The number of alkyl halides is 1. The van der Waals surface area contributed by atoms with E-state index in [2.05, 4.69) is 11.8 Å². The van der Waals surface area contributed by atoms with Crippen molar-refractivity contribution >= 4 is 21.7 Å². The first kappa shape index (κ1) is 16.9. The lowest BCUT2D eigenvalue weighted by Gasteiger charge is -2.26. The predicted molar refractivity (Wildman–Crippen MR) is 83.5 cm³/mol. The van der Waals surface area contributed by atoms with E-state index >= 15 is 0 Å². The number of hydrogen-bond acceptors (Lipinski definition) is 5. The highest BCUT2D eigenvalue weighted by molar-refractivity contribution is 7.86. The second-order valence-electron chi connectivity index (χ2n) is 5.46. The maximum Gasteiger partial charge on any atom is 0.306 e. The minimum atomic E-state index is -3.58. The molecule has 2 rings (SSSR count). The number of benzene rings is 1. The van der Waals surface area contributed by atoms with Gasteiger partial charge in [0.05, 0.1) is 11.7 Å².